The number of hydrogen-bond acceptors (Lipinski definition) is 4. The maximum Gasteiger partial charge on any atom is 0.344 e. The lowest BCUT2D eigenvalue weighted by atomic mass is 9.95. The van der Waals surface area contributed by atoms with Gasteiger partial charge >= 0.3 is 5.69 Å². The van der Waals surface area contributed by atoms with Crippen LogP contribution in [0.2, 0.25) is 0 Å². The molecule has 1 heterocycles. The number of nitrogens with zero attached hydrogens (tertiary/aromatic N) is 2. The Bertz CT molecular complexity index is 452. The molecule has 1 fully saturated rings. The summed E-state index contributed by atoms with van der Waals surface area (Å²) in [5, 5.41) is 11.7. The fourth-order valence-electron chi connectivity index (χ4n) is 2.70. The highest BCUT2D eigenvalue weighted by Crippen LogP contribution is 2.33. The average Bonchev–Trinajstić information content (AvgIpc) is 2.71. The molecule has 2 unspecified atom stereocenters. The standard InChI is InChI=1S/C13H24N4OS/c1-4-14-10-6-5-7-11(8-10)19-13-16-15-12(18)17(13)9(2)3/h9-11,14H,4-8H2,1-3H3,(H,15,18). The van der Waals surface area contributed by atoms with E-state index in [9.17, 15) is 4.79 Å². The van der Waals surface area contributed by atoms with Gasteiger partial charge in [-0.1, -0.05) is 25.1 Å². The Morgan fingerprint density at radius 3 is 3.00 bits per heavy atom. The van der Waals surface area contributed by atoms with Gasteiger partial charge in [-0.25, -0.2) is 9.89 Å². The summed E-state index contributed by atoms with van der Waals surface area (Å²) in [7, 11) is 0. The predicted molar refractivity (Wildman–Crippen MR) is 78.8 cm³/mol. The van der Waals surface area contributed by atoms with E-state index in [1.807, 2.05) is 13.8 Å². The number of hydrogen-bond donors (Lipinski definition) is 2. The van der Waals surface area contributed by atoms with E-state index in [-0.39, 0.29) is 11.7 Å². The summed E-state index contributed by atoms with van der Waals surface area (Å²) in [4.78, 5) is 11.7. The molecule has 1 aromatic rings. The van der Waals surface area contributed by atoms with E-state index in [0.717, 1.165) is 18.1 Å². The summed E-state index contributed by atoms with van der Waals surface area (Å²) in [5.41, 5.74) is -0.100. The van der Waals surface area contributed by atoms with E-state index in [4.69, 9.17) is 0 Å². The summed E-state index contributed by atoms with van der Waals surface area (Å²) >= 11 is 1.75. The van der Waals surface area contributed by atoms with Crippen molar-refractivity contribution in [3.05, 3.63) is 10.5 Å². The molecular weight excluding hydrogens is 260 g/mol. The van der Waals surface area contributed by atoms with Gasteiger partial charge in [-0.05, 0) is 39.7 Å². The molecule has 6 heteroatoms. The predicted octanol–water partition coefficient (Wildman–Crippen LogP) is 2.17. The van der Waals surface area contributed by atoms with Crippen LogP contribution < -0.4 is 11.0 Å². The molecule has 0 spiro atoms. The van der Waals surface area contributed by atoms with Crippen LogP contribution in [0.15, 0.2) is 9.95 Å². The third kappa shape index (κ3) is 3.63. The molecule has 0 saturated heterocycles. The fraction of sp³-hybridized carbons (Fsp3) is 0.846. The van der Waals surface area contributed by atoms with Gasteiger partial charge in [0.1, 0.15) is 0 Å². The minimum atomic E-state index is -0.100. The Balaban J connectivity index is 2.03. The van der Waals surface area contributed by atoms with Crippen molar-refractivity contribution in [3.63, 3.8) is 0 Å². The summed E-state index contributed by atoms with van der Waals surface area (Å²) in [6.45, 7) is 7.22. The number of aromatic nitrogens is 3. The van der Waals surface area contributed by atoms with E-state index in [1.54, 1.807) is 16.3 Å². The number of H-pyrrole nitrogens is 1. The van der Waals surface area contributed by atoms with Gasteiger partial charge in [0, 0.05) is 17.3 Å². The molecule has 0 aromatic carbocycles. The zero-order valence-electron chi connectivity index (χ0n) is 12.0. The van der Waals surface area contributed by atoms with Crippen molar-refractivity contribution >= 4 is 11.8 Å². The highest BCUT2D eigenvalue weighted by atomic mass is 32.2. The van der Waals surface area contributed by atoms with Crippen molar-refractivity contribution < 1.29 is 0 Å². The smallest absolute Gasteiger partial charge is 0.314 e. The van der Waals surface area contributed by atoms with Crippen molar-refractivity contribution in [3.8, 4) is 0 Å². The van der Waals surface area contributed by atoms with Gasteiger partial charge in [0.05, 0.1) is 0 Å². The van der Waals surface area contributed by atoms with Crippen LogP contribution in [0.4, 0.5) is 0 Å². The van der Waals surface area contributed by atoms with E-state index in [1.165, 1.54) is 19.3 Å². The Hall–Kier alpha value is -0.750. The molecule has 0 radical (unpaired) electrons. The van der Waals surface area contributed by atoms with Crippen LogP contribution in [0, 0.1) is 0 Å². The SMILES string of the molecule is CCNC1CCCC(Sc2n[nH]c(=O)n2C(C)C)C1. The molecule has 5 nitrogen and oxygen atoms in total. The van der Waals surface area contributed by atoms with Crippen LogP contribution in [0.25, 0.3) is 0 Å². The van der Waals surface area contributed by atoms with Gasteiger partial charge in [-0.15, -0.1) is 5.10 Å². The van der Waals surface area contributed by atoms with Crippen molar-refractivity contribution in [1.29, 1.82) is 0 Å². The molecule has 1 aliphatic rings. The highest BCUT2D eigenvalue weighted by Gasteiger charge is 2.24. The minimum Gasteiger partial charge on any atom is -0.314 e. The van der Waals surface area contributed by atoms with Gasteiger partial charge in [-0.3, -0.25) is 4.57 Å². The lowest BCUT2D eigenvalue weighted by molar-refractivity contribution is 0.387. The lowest BCUT2D eigenvalue weighted by Crippen LogP contribution is -2.35. The molecular formula is C13H24N4OS. The van der Waals surface area contributed by atoms with Gasteiger partial charge < -0.3 is 5.32 Å². The maximum absolute atomic E-state index is 11.7. The largest absolute Gasteiger partial charge is 0.344 e. The van der Waals surface area contributed by atoms with Gasteiger partial charge in [0.25, 0.3) is 0 Å². The first kappa shape index (κ1) is 14.7. The molecule has 2 rings (SSSR count). The molecule has 2 atom stereocenters. The number of thioether (sulfide) groups is 1. The van der Waals surface area contributed by atoms with Gasteiger partial charge in [-0.2, -0.15) is 0 Å². The van der Waals surface area contributed by atoms with E-state index < -0.39 is 0 Å². The maximum atomic E-state index is 11.7. The van der Waals surface area contributed by atoms with Crippen LogP contribution >= 0.6 is 11.8 Å². The topological polar surface area (TPSA) is 62.7 Å². The summed E-state index contributed by atoms with van der Waals surface area (Å²) in [5.74, 6) is 0. The number of rotatable bonds is 5. The Labute approximate surface area is 118 Å². The Kier molecular flexibility index (Phi) is 5.10. The normalized spacial score (nSPS) is 24.0. The second-order valence-corrected chi connectivity index (χ2v) is 6.70. The highest BCUT2D eigenvalue weighted by molar-refractivity contribution is 7.99. The summed E-state index contributed by atoms with van der Waals surface area (Å²) in [6, 6.07) is 0.774. The third-order valence-corrected chi connectivity index (χ3v) is 4.84. The summed E-state index contributed by atoms with van der Waals surface area (Å²) < 4.78 is 1.75. The van der Waals surface area contributed by atoms with Crippen LogP contribution in [-0.2, 0) is 0 Å². The molecule has 1 aromatic heterocycles. The average molecular weight is 284 g/mol. The fourth-order valence-corrected chi connectivity index (χ4v) is 4.12. The molecule has 1 saturated carbocycles. The quantitative estimate of drug-likeness (QED) is 0.870. The van der Waals surface area contributed by atoms with Gasteiger partial charge in [0.15, 0.2) is 5.16 Å². The van der Waals surface area contributed by atoms with Crippen LogP contribution in [0.1, 0.15) is 52.5 Å². The van der Waals surface area contributed by atoms with E-state index in [2.05, 4.69) is 22.4 Å². The molecule has 0 aliphatic heterocycles. The Morgan fingerprint density at radius 1 is 1.53 bits per heavy atom. The molecule has 2 N–H and O–H groups in total. The first-order valence-corrected chi connectivity index (χ1v) is 8.06. The van der Waals surface area contributed by atoms with Crippen LogP contribution in [0.5, 0.6) is 0 Å². The third-order valence-electron chi connectivity index (χ3n) is 3.58. The molecule has 0 bridgehead atoms. The zero-order valence-corrected chi connectivity index (χ0v) is 12.8. The molecule has 1 aliphatic carbocycles. The first-order chi connectivity index (χ1) is 9.11. The van der Waals surface area contributed by atoms with Crippen molar-refractivity contribution in [2.45, 2.75) is 68.9 Å². The molecule has 0 amide bonds. The van der Waals surface area contributed by atoms with Crippen LogP contribution in [-0.4, -0.2) is 32.6 Å². The van der Waals surface area contributed by atoms with E-state index >= 15 is 0 Å². The molecule has 19 heavy (non-hydrogen) atoms. The Morgan fingerprint density at radius 2 is 2.32 bits per heavy atom. The van der Waals surface area contributed by atoms with Crippen molar-refractivity contribution in [1.82, 2.24) is 20.1 Å². The van der Waals surface area contributed by atoms with Crippen molar-refractivity contribution in [2.75, 3.05) is 6.54 Å². The van der Waals surface area contributed by atoms with Gasteiger partial charge in [0.2, 0.25) is 0 Å². The summed E-state index contributed by atoms with van der Waals surface area (Å²) in [6.07, 6.45) is 4.90. The lowest BCUT2D eigenvalue weighted by Gasteiger charge is -2.29. The number of aromatic amines is 1. The molecule has 108 valence electrons. The van der Waals surface area contributed by atoms with E-state index in [0.29, 0.717) is 11.3 Å². The second-order valence-electron chi connectivity index (χ2n) is 5.44. The first-order valence-electron chi connectivity index (χ1n) is 7.18. The van der Waals surface area contributed by atoms with Crippen LogP contribution in [0.3, 0.4) is 0 Å². The monoisotopic (exact) mass is 284 g/mol. The second kappa shape index (κ2) is 6.61. The number of nitrogens with one attached hydrogen (secondary N) is 2. The van der Waals surface area contributed by atoms with Crippen molar-refractivity contribution in [2.24, 2.45) is 0 Å². The zero-order chi connectivity index (χ0) is 13.8. The minimum absolute atomic E-state index is 0.100.